The van der Waals surface area contributed by atoms with Gasteiger partial charge >= 0.3 is 5.97 Å². The predicted molar refractivity (Wildman–Crippen MR) is 113 cm³/mol. The second kappa shape index (κ2) is 8.53. The summed E-state index contributed by atoms with van der Waals surface area (Å²) in [6.45, 7) is 2.43. The van der Waals surface area contributed by atoms with Crippen LogP contribution in [0.5, 0.6) is 0 Å². The Kier molecular flexibility index (Phi) is 5.67. The van der Waals surface area contributed by atoms with Crippen molar-refractivity contribution in [3.63, 3.8) is 0 Å². The van der Waals surface area contributed by atoms with Crippen molar-refractivity contribution < 1.29 is 18.7 Å². The van der Waals surface area contributed by atoms with Crippen LogP contribution in [0.2, 0.25) is 0 Å². The Bertz CT molecular complexity index is 1040. The largest absolute Gasteiger partial charge is 0.452 e. The molecule has 0 radical (unpaired) electrons. The molecule has 2 heterocycles. The molecule has 1 amide bonds. The highest BCUT2D eigenvalue weighted by Gasteiger charge is 2.24. The first kappa shape index (κ1) is 19.3. The summed E-state index contributed by atoms with van der Waals surface area (Å²) in [6, 6.07) is 15.1. The lowest BCUT2D eigenvalue weighted by Gasteiger charge is -2.22. The van der Waals surface area contributed by atoms with Crippen molar-refractivity contribution in [1.82, 2.24) is 4.98 Å². The number of para-hydroxylation sites is 3. The van der Waals surface area contributed by atoms with Gasteiger partial charge in [-0.2, -0.15) is 0 Å². The first-order valence-corrected chi connectivity index (χ1v) is 10.2. The number of nitrogens with zero attached hydrogens (tertiary/aromatic N) is 2. The highest BCUT2D eigenvalue weighted by atomic mass is 32.2. The molecule has 0 saturated carbocycles. The molecular weight excluding hydrogens is 388 g/mol. The van der Waals surface area contributed by atoms with Crippen LogP contribution < -0.4 is 4.90 Å². The van der Waals surface area contributed by atoms with E-state index in [9.17, 15) is 9.59 Å². The van der Waals surface area contributed by atoms with E-state index in [-0.39, 0.29) is 12.5 Å². The number of carbonyl (C=O) groups excluding carboxylic acids is 2. The van der Waals surface area contributed by atoms with Crippen LogP contribution in [0.25, 0.3) is 17.2 Å². The van der Waals surface area contributed by atoms with Crippen molar-refractivity contribution in [2.24, 2.45) is 0 Å². The molecule has 0 saturated heterocycles. The van der Waals surface area contributed by atoms with Gasteiger partial charge in [-0.1, -0.05) is 31.2 Å². The average molecular weight is 408 g/mol. The van der Waals surface area contributed by atoms with Crippen molar-refractivity contribution in [3.05, 3.63) is 60.5 Å². The minimum absolute atomic E-state index is 0.240. The fraction of sp³-hybridized carbons (Fsp3) is 0.227. The first-order chi connectivity index (χ1) is 14.1. The van der Waals surface area contributed by atoms with E-state index < -0.39 is 5.97 Å². The number of fused-ring (bicyclic) bond motifs is 2. The molecule has 0 bridgehead atoms. The summed E-state index contributed by atoms with van der Waals surface area (Å²) in [5.41, 5.74) is 2.22. The molecule has 6 nitrogen and oxygen atoms in total. The van der Waals surface area contributed by atoms with Crippen LogP contribution in [0.4, 0.5) is 5.69 Å². The summed E-state index contributed by atoms with van der Waals surface area (Å²) >= 11 is 1.76. The van der Waals surface area contributed by atoms with E-state index in [2.05, 4.69) is 11.9 Å². The summed E-state index contributed by atoms with van der Waals surface area (Å²) in [6.07, 6.45) is 3.52. The standard InChI is InChI=1S/C22H20N2O4S/c1-15-12-13-24(17-7-3-5-9-19(17)29-15)21(25)14-27-22(26)11-10-20-23-16-6-2-4-8-18(16)28-20/h2-11,15H,12-14H2,1H3/b11-10+/t15-/m0/s1. The second-order valence-corrected chi connectivity index (χ2v) is 8.17. The number of esters is 1. The van der Waals surface area contributed by atoms with Crippen molar-refractivity contribution >= 4 is 46.5 Å². The fourth-order valence-electron chi connectivity index (χ4n) is 3.11. The number of anilines is 1. The molecule has 2 aromatic carbocycles. The Morgan fingerprint density at radius 1 is 1.24 bits per heavy atom. The third kappa shape index (κ3) is 4.51. The van der Waals surface area contributed by atoms with Crippen LogP contribution in [0.3, 0.4) is 0 Å². The summed E-state index contributed by atoms with van der Waals surface area (Å²) in [7, 11) is 0. The van der Waals surface area contributed by atoms with Gasteiger partial charge in [0.1, 0.15) is 5.52 Å². The lowest BCUT2D eigenvalue weighted by atomic mass is 10.2. The number of thioether (sulfide) groups is 1. The normalized spacial score (nSPS) is 16.6. The maximum Gasteiger partial charge on any atom is 0.331 e. The van der Waals surface area contributed by atoms with E-state index in [0.717, 1.165) is 17.0 Å². The van der Waals surface area contributed by atoms with Gasteiger partial charge in [0.05, 0.1) is 5.69 Å². The minimum Gasteiger partial charge on any atom is -0.452 e. The smallest absolute Gasteiger partial charge is 0.331 e. The SMILES string of the molecule is C[C@H]1CCN(C(=O)COC(=O)/C=C/c2nc3ccccc3o2)c2ccccc2S1. The Hall–Kier alpha value is -3.06. The molecule has 0 aliphatic carbocycles. The number of carbonyl (C=O) groups is 2. The number of aromatic nitrogens is 1. The maximum absolute atomic E-state index is 12.7. The number of oxazole rings is 1. The van der Waals surface area contributed by atoms with Gasteiger partial charge in [0.2, 0.25) is 5.89 Å². The topological polar surface area (TPSA) is 72.6 Å². The van der Waals surface area contributed by atoms with Crippen molar-refractivity contribution in [2.75, 3.05) is 18.1 Å². The van der Waals surface area contributed by atoms with Crippen LogP contribution in [0, 0.1) is 0 Å². The van der Waals surface area contributed by atoms with Crippen LogP contribution in [-0.4, -0.2) is 35.3 Å². The van der Waals surface area contributed by atoms with Gasteiger partial charge < -0.3 is 14.1 Å². The summed E-state index contributed by atoms with van der Waals surface area (Å²) < 4.78 is 10.7. The molecule has 4 rings (SSSR count). The first-order valence-electron chi connectivity index (χ1n) is 9.36. The van der Waals surface area contributed by atoms with E-state index in [4.69, 9.17) is 9.15 Å². The van der Waals surface area contributed by atoms with E-state index in [0.29, 0.717) is 28.8 Å². The summed E-state index contributed by atoms with van der Waals surface area (Å²) in [4.78, 5) is 31.8. The molecule has 3 aromatic rings. The lowest BCUT2D eigenvalue weighted by Crippen LogP contribution is -2.35. The highest BCUT2D eigenvalue weighted by Crippen LogP contribution is 2.37. The minimum atomic E-state index is -0.619. The van der Waals surface area contributed by atoms with E-state index in [1.165, 1.54) is 12.2 Å². The van der Waals surface area contributed by atoms with Crippen molar-refractivity contribution in [2.45, 2.75) is 23.5 Å². The molecule has 1 atom stereocenters. The average Bonchev–Trinajstić information content (AvgIpc) is 3.06. The van der Waals surface area contributed by atoms with Crippen LogP contribution in [0.1, 0.15) is 19.2 Å². The van der Waals surface area contributed by atoms with Crippen LogP contribution >= 0.6 is 11.8 Å². The Morgan fingerprint density at radius 2 is 2.03 bits per heavy atom. The molecular formula is C22H20N2O4S. The van der Waals surface area contributed by atoms with Gasteiger partial charge in [-0.25, -0.2) is 9.78 Å². The van der Waals surface area contributed by atoms with E-state index in [1.807, 2.05) is 42.5 Å². The number of ether oxygens (including phenoxy) is 1. The number of hydrogen-bond acceptors (Lipinski definition) is 6. The van der Waals surface area contributed by atoms with Gasteiger partial charge in [0.15, 0.2) is 12.2 Å². The monoisotopic (exact) mass is 408 g/mol. The van der Waals surface area contributed by atoms with Crippen LogP contribution in [0.15, 0.2) is 63.9 Å². The third-order valence-electron chi connectivity index (χ3n) is 4.55. The van der Waals surface area contributed by atoms with Crippen molar-refractivity contribution in [1.29, 1.82) is 0 Å². The summed E-state index contributed by atoms with van der Waals surface area (Å²) in [5, 5.41) is 0.413. The lowest BCUT2D eigenvalue weighted by molar-refractivity contribution is -0.142. The quantitative estimate of drug-likeness (QED) is 0.473. The zero-order valence-electron chi connectivity index (χ0n) is 15.9. The fourth-order valence-corrected chi connectivity index (χ4v) is 4.22. The van der Waals surface area contributed by atoms with E-state index in [1.54, 1.807) is 22.7 Å². The maximum atomic E-state index is 12.7. The molecule has 1 aromatic heterocycles. The molecule has 0 fully saturated rings. The molecule has 7 heteroatoms. The number of amides is 1. The number of benzene rings is 2. The summed E-state index contributed by atoms with van der Waals surface area (Å²) in [5.74, 6) is -0.552. The molecule has 1 aliphatic heterocycles. The molecule has 148 valence electrons. The third-order valence-corrected chi connectivity index (χ3v) is 5.79. The molecule has 1 aliphatic rings. The van der Waals surface area contributed by atoms with Gasteiger partial charge in [0.25, 0.3) is 5.91 Å². The second-order valence-electron chi connectivity index (χ2n) is 6.69. The van der Waals surface area contributed by atoms with Crippen molar-refractivity contribution in [3.8, 4) is 0 Å². The Balaban J connectivity index is 1.38. The predicted octanol–water partition coefficient (Wildman–Crippen LogP) is 4.30. The van der Waals surface area contributed by atoms with Crippen LogP contribution in [-0.2, 0) is 14.3 Å². The number of rotatable bonds is 4. The molecule has 0 unspecified atom stereocenters. The van der Waals surface area contributed by atoms with Gasteiger partial charge in [-0.3, -0.25) is 4.79 Å². The highest BCUT2D eigenvalue weighted by molar-refractivity contribution is 8.00. The molecule has 0 N–H and O–H groups in total. The zero-order valence-corrected chi connectivity index (χ0v) is 16.7. The molecule has 29 heavy (non-hydrogen) atoms. The Morgan fingerprint density at radius 3 is 2.90 bits per heavy atom. The Labute approximate surface area is 172 Å². The van der Waals surface area contributed by atoms with E-state index >= 15 is 0 Å². The molecule has 0 spiro atoms. The van der Waals surface area contributed by atoms with Gasteiger partial charge in [-0.15, -0.1) is 11.8 Å². The zero-order chi connectivity index (χ0) is 20.2. The number of hydrogen-bond donors (Lipinski definition) is 0. The van der Waals surface area contributed by atoms with Gasteiger partial charge in [0, 0.05) is 28.8 Å². The van der Waals surface area contributed by atoms with Gasteiger partial charge in [-0.05, 0) is 30.7 Å².